The van der Waals surface area contributed by atoms with Gasteiger partial charge in [0.05, 0.1) is 0 Å². The maximum Gasteiger partial charge on any atom is 0.371 e. The van der Waals surface area contributed by atoms with Crippen LogP contribution in [0.2, 0.25) is 0 Å². The van der Waals surface area contributed by atoms with E-state index in [2.05, 4.69) is 0 Å². The molecule has 28 heteroatoms. The smallest absolute Gasteiger partial charge is 0.371 e. The molecule has 6 unspecified atom stereocenters. The Balaban J connectivity index is 1.82. The highest BCUT2D eigenvalue weighted by atomic mass is 16.7. The van der Waals surface area contributed by atoms with Gasteiger partial charge in [-0.2, -0.15) is 0 Å². The third-order valence-corrected chi connectivity index (χ3v) is 9.09. The molecule has 0 aromatic heterocycles. The van der Waals surface area contributed by atoms with Crippen LogP contribution in [0.1, 0.15) is 53.4 Å². The first-order valence-electron chi connectivity index (χ1n) is 19.6. The highest BCUT2D eigenvalue weighted by molar-refractivity contribution is 5.92. The summed E-state index contributed by atoms with van der Waals surface area (Å²) in [6, 6.07) is 3.92. The molecule has 0 aliphatic heterocycles. The van der Waals surface area contributed by atoms with Crippen molar-refractivity contribution in [3.05, 3.63) is 68.8 Å². The Bertz CT molecular complexity index is 1990. The second kappa shape index (κ2) is 24.7. The standard InChI is InChI=1S/C38H52N10O18/c1-19(2)37(43,35(55)63-29-11-7-5-9-27(29)45-47(57)58)65-33(53)25(41)17-61-31(51)23(39)15-21(49)13-14-22(50)16-24(40)32(52)62-18-26(42)34(54)66-38(44,20(3)4)36(56)64-30-12-8-6-10-28(30)46-48(59)60/h5-12,19-20,23-26,45-46H,13-18,39-44H2,1-4H3. The zero-order valence-electron chi connectivity index (χ0n) is 36.0. The van der Waals surface area contributed by atoms with E-state index >= 15 is 0 Å². The largest absolute Gasteiger partial charge is 0.462 e. The number of nitrogens with zero attached hydrogens (tertiary/aromatic N) is 2. The van der Waals surface area contributed by atoms with E-state index in [1.807, 2.05) is 10.9 Å². The van der Waals surface area contributed by atoms with E-state index in [1.54, 1.807) is 0 Å². The molecule has 6 atom stereocenters. The molecular formula is C38H52N10O18. The predicted molar refractivity (Wildman–Crippen MR) is 223 cm³/mol. The van der Waals surface area contributed by atoms with Gasteiger partial charge in [-0.25, -0.2) is 29.8 Å². The van der Waals surface area contributed by atoms with Gasteiger partial charge in [0.1, 0.15) is 60.3 Å². The SMILES string of the molecule is CC(C)C(N)(OC(=O)C(N)COC(=O)C(N)CC(=O)CCC(=O)CC(N)C(=O)OCC(N)C(=O)OC(N)(C(=O)Oc1ccccc1N[N+](=O)[O-])C(C)C)C(=O)Oc1ccccc1N[N+](=O)[O-]. The monoisotopic (exact) mass is 936 g/mol. The number of esters is 6. The van der Waals surface area contributed by atoms with Crippen molar-refractivity contribution in [3.63, 3.8) is 0 Å². The molecule has 0 saturated carbocycles. The normalized spacial score (nSPS) is 14.7. The molecule has 2 aromatic rings. The zero-order valence-corrected chi connectivity index (χ0v) is 36.0. The predicted octanol–water partition coefficient (Wildman–Crippen LogP) is -1.79. The Morgan fingerprint density at radius 2 is 0.879 bits per heavy atom. The number of hydrazine groups is 2. The Labute approximate surface area is 374 Å². The summed E-state index contributed by atoms with van der Waals surface area (Å²) in [5.41, 5.74) is 33.5. The van der Waals surface area contributed by atoms with Crippen LogP contribution in [-0.4, -0.2) is 106 Å². The number of nitrogens with two attached hydrogens (primary N) is 6. The molecule has 0 bridgehead atoms. The summed E-state index contributed by atoms with van der Waals surface area (Å²) in [6.45, 7) is 3.89. The van der Waals surface area contributed by atoms with Crippen molar-refractivity contribution in [2.75, 3.05) is 24.1 Å². The van der Waals surface area contributed by atoms with Gasteiger partial charge in [0.15, 0.2) is 21.6 Å². The van der Waals surface area contributed by atoms with Crippen molar-refractivity contribution in [2.24, 2.45) is 46.2 Å². The number of ether oxygens (including phenoxy) is 6. The van der Waals surface area contributed by atoms with Gasteiger partial charge in [-0.15, -0.1) is 10.9 Å². The highest BCUT2D eigenvalue weighted by Crippen LogP contribution is 2.29. The highest BCUT2D eigenvalue weighted by Gasteiger charge is 2.46. The fourth-order valence-electron chi connectivity index (χ4n) is 4.96. The molecule has 0 aliphatic rings. The Morgan fingerprint density at radius 3 is 1.18 bits per heavy atom. The average molecular weight is 937 g/mol. The quantitative estimate of drug-likeness (QED) is 0.0122. The lowest BCUT2D eigenvalue weighted by Crippen LogP contribution is -2.59. The molecular weight excluding hydrogens is 884 g/mol. The van der Waals surface area contributed by atoms with Gasteiger partial charge in [0.25, 0.3) is 11.4 Å². The van der Waals surface area contributed by atoms with Crippen LogP contribution < -0.4 is 54.7 Å². The third kappa shape index (κ3) is 16.4. The van der Waals surface area contributed by atoms with Gasteiger partial charge in [-0.1, -0.05) is 52.0 Å². The van der Waals surface area contributed by atoms with Crippen LogP contribution in [0.3, 0.4) is 0 Å². The molecule has 14 N–H and O–H groups in total. The Hall–Kier alpha value is -7.24. The summed E-state index contributed by atoms with van der Waals surface area (Å²) >= 11 is 0. The van der Waals surface area contributed by atoms with E-state index in [-0.39, 0.29) is 22.9 Å². The topological polar surface area (TPSA) is 458 Å². The summed E-state index contributed by atoms with van der Waals surface area (Å²) < 4.78 is 30.5. The van der Waals surface area contributed by atoms with Crippen LogP contribution in [0.15, 0.2) is 48.5 Å². The van der Waals surface area contributed by atoms with Gasteiger partial charge in [-0.3, -0.25) is 40.2 Å². The number of benzene rings is 2. The van der Waals surface area contributed by atoms with Crippen LogP contribution >= 0.6 is 0 Å². The lowest BCUT2D eigenvalue weighted by molar-refractivity contribution is -0.445. The Morgan fingerprint density at radius 1 is 0.561 bits per heavy atom. The van der Waals surface area contributed by atoms with Crippen molar-refractivity contribution in [3.8, 4) is 11.5 Å². The van der Waals surface area contributed by atoms with E-state index in [9.17, 15) is 58.6 Å². The number of carbonyl (C=O) groups excluding carboxylic acids is 8. The first-order chi connectivity index (χ1) is 30.7. The van der Waals surface area contributed by atoms with Crippen molar-refractivity contribution in [1.29, 1.82) is 0 Å². The second-order valence-electron chi connectivity index (χ2n) is 14.9. The summed E-state index contributed by atoms with van der Waals surface area (Å²) in [7, 11) is 0. The molecule has 66 heavy (non-hydrogen) atoms. The van der Waals surface area contributed by atoms with Gasteiger partial charge in [0.2, 0.25) is 0 Å². The summed E-state index contributed by atoms with van der Waals surface area (Å²) in [6.07, 6.45) is -2.15. The molecule has 2 rings (SSSR count). The number of ketones is 2. The number of para-hydroxylation sites is 4. The lowest BCUT2D eigenvalue weighted by Gasteiger charge is -2.31. The van der Waals surface area contributed by atoms with Gasteiger partial charge >= 0.3 is 35.8 Å². The maximum absolute atomic E-state index is 13.0. The molecule has 0 radical (unpaired) electrons. The molecule has 0 heterocycles. The first-order valence-corrected chi connectivity index (χ1v) is 19.6. The molecule has 2 aromatic carbocycles. The van der Waals surface area contributed by atoms with E-state index in [1.165, 1.54) is 76.2 Å². The minimum atomic E-state index is -2.47. The third-order valence-electron chi connectivity index (χ3n) is 9.09. The number of hydrogen-bond donors (Lipinski definition) is 8. The van der Waals surface area contributed by atoms with Crippen LogP contribution in [-0.2, 0) is 57.3 Å². The molecule has 0 spiro atoms. The van der Waals surface area contributed by atoms with Gasteiger partial charge < -0.3 is 51.4 Å². The van der Waals surface area contributed by atoms with Crippen LogP contribution in [0.5, 0.6) is 11.5 Å². The second-order valence-corrected chi connectivity index (χ2v) is 14.9. The molecule has 0 amide bonds. The number of nitro groups is 2. The maximum atomic E-state index is 13.0. The minimum Gasteiger partial charge on any atom is -0.462 e. The number of nitrogens with one attached hydrogen (secondary N) is 2. The first kappa shape index (κ1) is 54.9. The summed E-state index contributed by atoms with van der Waals surface area (Å²) in [5.74, 6) is -11.5. The van der Waals surface area contributed by atoms with Crippen LogP contribution in [0, 0.1) is 32.1 Å². The van der Waals surface area contributed by atoms with Crippen molar-refractivity contribution in [1.82, 2.24) is 0 Å². The van der Waals surface area contributed by atoms with E-state index in [4.69, 9.17) is 62.8 Å². The minimum absolute atomic E-state index is 0.213. The van der Waals surface area contributed by atoms with E-state index in [0.717, 1.165) is 0 Å². The average Bonchev–Trinajstić information content (AvgIpc) is 3.24. The van der Waals surface area contributed by atoms with Gasteiger partial charge in [0, 0.05) is 37.5 Å². The van der Waals surface area contributed by atoms with Gasteiger partial charge in [-0.05, 0) is 24.3 Å². The number of Topliss-reactive ketones (excluding diaryl/α,β-unsaturated/α-hetero) is 2. The number of anilines is 2. The van der Waals surface area contributed by atoms with Crippen molar-refractivity contribution >= 4 is 58.8 Å². The molecule has 0 fully saturated rings. The zero-order chi connectivity index (χ0) is 50.1. The van der Waals surface area contributed by atoms with E-state index in [0.29, 0.717) is 0 Å². The Kier molecular flexibility index (Phi) is 20.6. The van der Waals surface area contributed by atoms with E-state index < -0.39 is 144 Å². The summed E-state index contributed by atoms with van der Waals surface area (Å²) in [5, 5.41) is 20.0. The molecule has 362 valence electrons. The fraction of sp³-hybridized carbons (Fsp3) is 0.474. The van der Waals surface area contributed by atoms with Crippen LogP contribution in [0.4, 0.5) is 11.4 Å². The lowest BCUT2D eigenvalue weighted by atomic mass is 10.0. The number of hydrogen-bond acceptors (Lipinski definition) is 24. The molecule has 0 saturated heterocycles. The van der Waals surface area contributed by atoms with Crippen molar-refractivity contribution < 1.29 is 76.8 Å². The fourth-order valence-corrected chi connectivity index (χ4v) is 4.96. The molecule has 0 aliphatic carbocycles. The molecule has 28 nitrogen and oxygen atoms in total. The summed E-state index contributed by atoms with van der Waals surface area (Å²) in [4.78, 5) is 123. The van der Waals surface area contributed by atoms with Crippen LogP contribution in [0.25, 0.3) is 0 Å². The number of carbonyl (C=O) groups is 8. The van der Waals surface area contributed by atoms with Crippen molar-refractivity contribution in [2.45, 2.75) is 89.0 Å². The number of rotatable bonds is 27.